The molecule has 1 aromatic carbocycles. The minimum Gasteiger partial charge on any atom is -0.347 e. The maximum absolute atomic E-state index is 11.9. The molecule has 0 atom stereocenters. The predicted octanol–water partition coefficient (Wildman–Crippen LogP) is 2.60. The van der Waals surface area contributed by atoms with Crippen LogP contribution in [0.15, 0.2) is 33.8 Å². The van der Waals surface area contributed by atoms with Crippen LogP contribution in [0.3, 0.4) is 0 Å². The molecule has 0 saturated heterocycles. The van der Waals surface area contributed by atoms with E-state index in [0.717, 1.165) is 35.7 Å². The van der Waals surface area contributed by atoms with Gasteiger partial charge < -0.3 is 5.32 Å². The van der Waals surface area contributed by atoms with Crippen LogP contribution < -0.4 is 10.7 Å². The Balaban J connectivity index is 1.69. The van der Waals surface area contributed by atoms with E-state index in [9.17, 15) is 9.59 Å². The lowest BCUT2D eigenvalue weighted by Crippen LogP contribution is -2.38. The molecule has 2 rings (SSSR count). The Hall–Kier alpha value is -1.69. The van der Waals surface area contributed by atoms with Crippen molar-refractivity contribution in [2.45, 2.75) is 32.1 Å². The van der Waals surface area contributed by atoms with Gasteiger partial charge in [-0.15, -0.1) is 0 Å². The number of nitrogens with zero attached hydrogens (tertiary/aromatic N) is 1. The standard InChI is InChI=1S/C16H20BrN3O2/c17-14-8-6-12(7-9-14)10-19-20-15(21)11-18-16(22)13-4-2-1-3-5-13/h6-10,13H,1-5,11H2,(H,18,22)(H,20,21). The molecule has 0 heterocycles. The second-order valence-electron chi connectivity index (χ2n) is 5.40. The van der Waals surface area contributed by atoms with E-state index in [2.05, 4.69) is 31.8 Å². The minimum atomic E-state index is -0.322. The number of hydrogen-bond acceptors (Lipinski definition) is 3. The summed E-state index contributed by atoms with van der Waals surface area (Å²) in [6, 6.07) is 7.55. The summed E-state index contributed by atoms with van der Waals surface area (Å²) in [5.74, 6) is -0.280. The van der Waals surface area contributed by atoms with Gasteiger partial charge >= 0.3 is 0 Å². The monoisotopic (exact) mass is 365 g/mol. The van der Waals surface area contributed by atoms with Crippen LogP contribution in [0, 0.1) is 5.92 Å². The molecule has 2 amide bonds. The summed E-state index contributed by atoms with van der Waals surface area (Å²) in [6.07, 6.45) is 6.82. The molecule has 118 valence electrons. The normalized spacial score (nSPS) is 15.7. The van der Waals surface area contributed by atoms with Crippen LogP contribution in [0.4, 0.5) is 0 Å². The summed E-state index contributed by atoms with van der Waals surface area (Å²) in [6.45, 7) is -0.0347. The van der Waals surface area contributed by atoms with Gasteiger partial charge in [-0.05, 0) is 30.5 Å². The van der Waals surface area contributed by atoms with Crippen LogP contribution in [-0.4, -0.2) is 24.6 Å². The van der Waals surface area contributed by atoms with Crippen molar-refractivity contribution in [2.75, 3.05) is 6.54 Å². The Bertz CT molecular complexity index is 537. The van der Waals surface area contributed by atoms with E-state index in [0.29, 0.717) is 0 Å². The zero-order valence-electron chi connectivity index (χ0n) is 12.3. The summed E-state index contributed by atoms with van der Waals surface area (Å²) < 4.78 is 0.985. The van der Waals surface area contributed by atoms with Gasteiger partial charge in [-0.1, -0.05) is 47.3 Å². The Kier molecular flexibility index (Phi) is 6.58. The number of benzene rings is 1. The summed E-state index contributed by atoms with van der Waals surface area (Å²) >= 11 is 3.35. The predicted molar refractivity (Wildman–Crippen MR) is 89.5 cm³/mol. The average Bonchev–Trinajstić information content (AvgIpc) is 2.55. The zero-order chi connectivity index (χ0) is 15.8. The van der Waals surface area contributed by atoms with Crippen molar-refractivity contribution < 1.29 is 9.59 Å². The first-order chi connectivity index (χ1) is 10.6. The Labute approximate surface area is 138 Å². The number of carbonyl (C=O) groups excluding carboxylic acids is 2. The highest BCUT2D eigenvalue weighted by Gasteiger charge is 2.21. The number of hydrazone groups is 1. The highest BCUT2D eigenvalue weighted by Crippen LogP contribution is 2.23. The number of nitrogens with one attached hydrogen (secondary N) is 2. The van der Waals surface area contributed by atoms with Gasteiger partial charge in [-0.3, -0.25) is 9.59 Å². The molecule has 1 saturated carbocycles. The van der Waals surface area contributed by atoms with Gasteiger partial charge in [0.25, 0.3) is 5.91 Å². The smallest absolute Gasteiger partial charge is 0.259 e. The highest BCUT2D eigenvalue weighted by molar-refractivity contribution is 9.10. The fraction of sp³-hybridized carbons (Fsp3) is 0.438. The number of halogens is 1. The summed E-state index contributed by atoms with van der Waals surface area (Å²) in [5.41, 5.74) is 3.29. The lowest BCUT2D eigenvalue weighted by atomic mass is 9.89. The topological polar surface area (TPSA) is 70.6 Å². The van der Waals surface area contributed by atoms with Crippen molar-refractivity contribution in [1.82, 2.24) is 10.7 Å². The van der Waals surface area contributed by atoms with E-state index in [-0.39, 0.29) is 24.3 Å². The third-order valence-electron chi connectivity index (χ3n) is 3.67. The molecule has 1 fully saturated rings. The Morgan fingerprint density at radius 2 is 1.86 bits per heavy atom. The van der Waals surface area contributed by atoms with Gasteiger partial charge in [0, 0.05) is 10.4 Å². The van der Waals surface area contributed by atoms with Gasteiger partial charge in [0.1, 0.15) is 0 Å². The van der Waals surface area contributed by atoms with Crippen molar-refractivity contribution in [3.05, 3.63) is 34.3 Å². The van der Waals surface area contributed by atoms with E-state index < -0.39 is 0 Å². The molecular weight excluding hydrogens is 346 g/mol. The molecule has 2 N–H and O–H groups in total. The zero-order valence-corrected chi connectivity index (χ0v) is 13.9. The first kappa shape index (κ1) is 16.7. The maximum atomic E-state index is 11.9. The van der Waals surface area contributed by atoms with Crippen molar-refractivity contribution in [3.63, 3.8) is 0 Å². The molecule has 1 aromatic rings. The van der Waals surface area contributed by atoms with Crippen LogP contribution in [0.2, 0.25) is 0 Å². The molecule has 0 radical (unpaired) electrons. The molecule has 0 spiro atoms. The first-order valence-electron chi connectivity index (χ1n) is 7.50. The quantitative estimate of drug-likeness (QED) is 0.621. The minimum absolute atomic E-state index is 0.0215. The van der Waals surface area contributed by atoms with Gasteiger partial charge in [-0.2, -0.15) is 5.10 Å². The van der Waals surface area contributed by atoms with Gasteiger partial charge in [0.05, 0.1) is 12.8 Å². The SMILES string of the molecule is O=C(CNC(=O)C1CCCCC1)NN=Cc1ccc(Br)cc1. The largest absolute Gasteiger partial charge is 0.347 e. The van der Waals surface area contributed by atoms with Crippen molar-refractivity contribution in [2.24, 2.45) is 11.0 Å². The van der Waals surface area contributed by atoms with E-state index in [1.54, 1.807) is 6.21 Å². The van der Waals surface area contributed by atoms with Crippen LogP contribution in [0.5, 0.6) is 0 Å². The second kappa shape index (κ2) is 8.68. The summed E-state index contributed by atoms with van der Waals surface area (Å²) in [5, 5.41) is 6.55. The van der Waals surface area contributed by atoms with Crippen LogP contribution in [0.1, 0.15) is 37.7 Å². The molecule has 22 heavy (non-hydrogen) atoms. The third-order valence-corrected chi connectivity index (χ3v) is 4.20. The molecule has 0 unspecified atom stereocenters. The van der Waals surface area contributed by atoms with Crippen LogP contribution >= 0.6 is 15.9 Å². The lowest BCUT2D eigenvalue weighted by Gasteiger charge is -2.20. The van der Waals surface area contributed by atoms with Crippen LogP contribution in [0.25, 0.3) is 0 Å². The first-order valence-corrected chi connectivity index (χ1v) is 8.29. The molecule has 6 heteroatoms. The number of hydrogen-bond donors (Lipinski definition) is 2. The van der Waals surface area contributed by atoms with Crippen molar-refractivity contribution in [3.8, 4) is 0 Å². The molecule has 0 aliphatic heterocycles. The molecule has 1 aliphatic rings. The van der Waals surface area contributed by atoms with Gasteiger partial charge in [-0.25, -0.2) is 5.43 Å². The maximum Gasteiger partial charge on any atom is 0.259 e. The molecule has 0 aromatic heterocycles. The van der Waals surface area contributed by atoms with Crippen molar-refractivity contribution >= 4 is 34.0 Å². The Morgan fingerprint density at radius 1 is 1.18 bits per heavy atom. The second-order valence-corrected chi connectivity index (χ2v) is 6.31. The van der Waals surface area contributed by atoms with Crippen LogP contribution in [-0.2, 0) is 9.59 Å². The lowest BCUT2D eigenvalue weighted by molar-refractivity contribution is -0.129. The molecule has 0 bridgehead atoms. The number of amides is 2. The Morgan fingerprint density at radius 3 is 2.55 bits per heavy atom. The number of rotatable bonds is 5. The summed E-state index contributed by atoms with van der Waals surface area (Å²) in [4.78, 5) is 23.5. The van der Waals surface area contributed by atoms with Gasteiger partial charge in [0.15, 0.2) is 0 Å². The highest BCUT2D eigenvalue weighted by atomic mass is 79.9. The van der Waals surface area contributed by atoms with E-state index in [4.69, 9.17) is 0 Å². The third kappa shape index (κ3) is 5.60. The van der Waals surface area contributed by atoms with Crippen molar-refractivity contribution in [1.29, 1.82) is 0 Å². The van der Waals surface area contributed by atoms with E-state index in [1.807, 2.05) is 24.3 Å². The number of carbonyl (C=O) groups is 2. The van der Waals surface area contributed by atoms with E-state index >= 15 is 0 Å². The fourth-order valence-electron chi connectivity index (χ4n) is 2.44. The molecule has 1 aliphatic carbocycles. The summed E-state index contributed by atoms with van der Waals surface area (Å²) in [7, 11) is 0. The van der Waals surface area contributed by atoms with Gasteiger partial charge in [0.2, 0.25) is 5.91 Å². The average molecular weight is 366 g/mol. The molecule has 5 nitrogen and oxygen atoms in total. The molecular formula is C16H20BrN3O2. The fourth-order valence-corrected chi connectivity index (χ4v) is 2.71. The van der Waals surface area contributed by atoms with E-state index in [1.165, 1.54) is 6.42 Å².